The van der Waals surface area contributed by atoms with E-state index in [2.05, 4.69) is 20.9 Å². The van der Waals surface area contributed by atoms with Gasteiger partial charge < -0.3 is 10.2 Å². The van der Waals surface area contributed by atoms with Crippen LogP contribution in [-0.2, 0) is 4.79 Å². The molecule has 1 aromatic heterocycles. The predicted octanol–water partition coefficient (Wildman–Crippen LogP) is 3.39. The first-order valence-corrected chi connectivity index (χ1v) is 7.16. The minimum Gasteiger partial charge on any atom is -0.481 e. The van der Waals surface area contributed by atoms with Crippen LogP contribution < -0.4 is 0 Å². The number of rotatable bonds is 4. The number of carboxylic acids is 1. The summed E-state index contributed by atoms with van der Waals surface area (Å²) in [5, 5.41) is 20.6. The van der Waals surface area contributed by atoms with Gasteiger partial charge in [0.1, 0.15) is 0 Å². The van der Waals surface area contributed by atoms with Crippen molar-refractivity contribution in [1.29, 1.82) is 0 Å². The Morgan fingerprint density at radius 1 is 1.30 bits per heavy atom. The molecule has 0 amide bonds. The molecule has 0 bridgehead atoms. The molecule has 20 heavy (non-hydrogen) atoms. The average Bonchev–Trinajstić information content (AvgIpc) is 2.38. The normalized spacial score (nSPS) is 14.4. The van der Waals surface area contributed by atoms with Gasteiger partial charge in [-0.1, -0.05) is 41.9 Å². The minimum atomic E-state index is -1.09. The first-order chi connectivity index (χ1) is 9.43. The highest BCUT2D eigenvalue weighted by atomic mass is 79.9. The van der Waals surface area contributed by atoms with Crippen molar-refractivity contribution in [2.75, 3.05) is 0 Å². The van der Waals surface area contributed by atoms with Gasteiger partial charge in [-0.15, -0.1) is 0 Å². The first-order valence-electron chi connectivity index (χ1n) is 6.37. The second-order valence-corrected chi connectivity index (χ2v) is 5.94. The van der Waals surface area contributed by atoms with Crippen LogP contribution >= 0.6 is 15.9 Å². The molecule has 2 unspecified atom stereocenters. The van der Waals surface area contributed by atoms with Gasteiger partial charge in [-0.05, 0) is 18.1 Å². The average molecular weight is 338 g/mol. The molecule has 1 aromatic carbocycles. The summed E-state index contributed by atoms with van der Waals surface area (Å²) in [5.41, 5.74) is 1.17. The molecule has 0 aliphatic heterocycles. The van der Waals surface area contributed by atoms with Gasteiger partial charge in [0.05, 0.1) is 17.5 Å². The molecule has 0 radical (unpaired) electrons. The molecular formula is C15H16BrNO3. The van der Waals surface area contributed by atoms with E-state index < -0.39 is 18.0 Å². The van der Waals surface area contributed by atoms with Gasteiger partial charge in [0, 0.05) is 21.6 Å². The molecule has 0 aliphatic rings. The third-order valence-electron chi connectivity index (χ3n) is 3.41. The molecule has 106 valence electrons. The number of aliphatic carboxylic acids is 1. The van der Waals surface area contributed by atoms with Gasteiger partial charge in [0.25, 0.3) is 0 Å². The SMILES string of the molecule is CC(C)C(C(=O)O)C(O)c1ccc(Br)c2cccnc12. The number of hydrogen-bond acceptors (Lipinski definition) is 3. The molecule has 0 saturated heterocycles. The number of carbonyl (C=O) groups is 1. The Hall–Kier alpha value is -1.46. The number of carboxylic acid groups (broad SMARTS) is 1. The molecule has 0 saturated carbocycles. The van der Waals surface area contributed by atoms with Crippen molar-refractivity contribution in [3.63, 3.8) is 0 Å². The lowest BCUT2D eigenvalue weighted by atomic mass is 9.86. The van der Waals surface area contributed by atoms with Crippen LogP contribution in [0.4, 0.5) is 0 Å². The zero-order valence-electron chi connectivity index (χ0n) is 11.2. The number of fused-ring (bicyclic) bond motifs is 1. The third kappa shape index (κ3) is 2.69. The van der Waals surface area contributed by atoms with Crippen molar-refractivity contribution in [2.45, 2.75) is 20.0 Å². The highest BCUT2D eigenvalue weighted by molar-refractivity contribution is 9.10. The highest BCUT2D eigenvalue weighted by Crippen LogP contribution is 2.34. The first kappa shape index (κ1) is 14.9. The van der Waals surface area contributed by atoms with Gasteiger partial charge >= 0.3 is 5.97 Å². The van der Waals surface area contributed by atoms with E-state index in [1.807, 2.05) is 12.1 Å². The van der Waals surface area contributed by atoms with Crippen molar-refractivity contribution in [2.24, 2.45) is 11.8 Å². The van der Waals surface area contributed by atoms with E-state index in [-0.39, 0.29) is 5.92 Å². The summed E-state index contributed by atoms with van der Waals surface area (Å²) in [6, 6.07) is 7.22. The molecule has 4 nitrogen and oxygen atoms in total. The Kier molecular flexibility index (Phi) is 4.40. The van der Waals surface area contributed by atoms with Crippen molar-refractivity contribution in [3.05, 3.63) is 40.5 Å². The molecule has 2 N–H and O–H groups in total. The topological polar surface area (TPSA) is 70.4 Å². The van der Waals surface area contributed by atoms with E-state index in [1.54, 1.807) is 32.2 Å². The summed E-state index contributed by atoms with van der Waals surface area (Å²) >= 11 is 3.44. The molecule has 2 rings (SSSR count). The lowest BCUT2D eigenvalue weighted by molar-refractivity contribution is -0.148. The van der Waals surface area contributed by atoms with Crippen LogP contribution in [0.15, 0.2) is 34.9 Å². The van der Waals surface area contributed by atoms with Gasteiger partial charge in [-0.3, -0.25) is 9.78 Å². The molecule has 0 fully saturated rings. The van der Waals surface area contributed by atoms with Crippen LogP contribution in [0.3, 0.4) is 0 Å². The molecular weight excluding hydrogens is 322 g/mol. The smallest absolute Gasteiger partial charge is 0.309 e. The van der Waals surface area contributed by atoms with E-state index in [0.29, 0.717) is 11.1 Å². The number of aromatic nitrogens is 1. The Balaban J connectivity index is 2.58. The van der Waals surface area contributed by atoms with Gasteiger partial charge in [0.15, 0.2) is 0 Å². The summed E-state index contributed by atoms with van der Waals surface area (Å²) in [6.45, 7) is 3.58. The lowest BCUT2D eigenvalue weighted by Gasteiger charge is -2.23. The molecule has 0 aliphatic carbocycles. The lowest BCUT2D eigenvalue weighted by Crippen LogP contribution is -2.27. The van der Waals surface area contributed by atoms with Gasteiger partial charge in [0.2, 0.25) is 0 Å². The molecule has 5 heteroatoms. The fraction of sp³-hybridized carbons (Fsp3) is 0.333. The van der Waals surface area contributed by atoms with Crippen LogP contribution in [0.1, 0.15) is 25.5 Å². The van der Waals surface area contributed by atoms with E-state index in [1.165, 1.54) is 0 Å². The number of halogens is 1. The van der Waals surface area contributed by atoms with Crippen molar-refractivity contribution >= 4 is 32.8 Å². The quantitative estimate of drug-likeness (QED) is 0.897. The standard InChI is InChI=1S/C15H16BrNO3/c1-8(2)12(15(19)20)14(18)10-5-6-11(16)9-4-3-7-17-13(9)10/h3-8,12,14,18H,1-2H3,(H,19,20). The summed E-state index contributed by atoms with van der Waals surface area (Å²) in [4.78, 5) is 15.7. The zero-order valence-corrected chi connectivity index (χ0v) is 12.8. The Bertz CT molecular complexity index is 642. The monoisotopic (exact) mass is 337 g/mol. The van der Waals surface area contributed by atoms with Crippen molar-refractivity contribution in [3.8, 4) is 0 Å². The summed E-state index contributed by atoms with van der Waals surface area (Å²) in [5.74, 6) is -2.04. The van der Waals surface area contributed by atoms with E-state index in [4.69, 9.17) is 0 Å². The van der Waals surface area contributed by atoms with Crippen LogP contribution in [0.25, 0.3) is 10.9 Å². The second kappa shape index (κ2) is 5.89. The predicted molar refractivity (Wildman–Crippen MR) is 80.4 cm³/mol. The number of aliphatic hydroxyl groups is 1. The number of pyridine rings is 1. The van der Waals surface area contributed by atoms with E-state index >= 15 is 0 Å². The van der Waals surface area contributed by atoms with Crippen LogP contribution in [0, 0.1) is 11.8 Å². The van der Waals surface area contributed by atoms with Gasteiger partial charge in [-0.2, -0.15) is 0 Å². The van der Waals surface area contributed by atoms with E-state index in [0.717, 1.165) is 9.86 Å². The second-order valence-electron chi connectivity index (χ2n) is 5.09. The minimum absolute atomic E-state index is 0.176. The molecule has 1 heterocycles. The Labute approximate surface area is 125 Å². The number of aliphatic hydroxyl groups excluding tert-OH is 1. The Morgan fingerprint density at radius 3 is 2.60 bits per heavy atom. The summed E-state index contributed by atoms with van der Waals surface area (Å²) in [6.07, 6.45) is 0.550. The van der Waals surface area contributed by atoms with E-state index in [9.17, 15) is 15.0 Å². The molecule has 0 spiro atoms. The zero-order chi connectivity index (χ0) is 14.9. The van der Waals surface area contributed by atoms with Crippen LogP contribution in [0.5, 0.6) is 0 Å². The number of hydrogen-bond donors (Lipinski definition) is 2. The number of nitrogens with zero attached hydrogens (tertiary/aromatic N) is 1. The summed E-state index contributed by atoms with van der Waals surface area (Å²) in [7, 11) is 0. The van der Waals surface area contributed by atoms with Gasteiger partial charge in [-0.25, -0.2) is 0 Å². The maximum Gasteiger partial charge on any atom is 0.309 e. The maximum absolute atomic E-state index is 11.4. The van der Waals surface area contributed by atoms with Crippen LogP contribution in [-0.4, -0.2) is 21.2 Å². The van der Waals surface area contributed by atoms with Crippen molar-refractivity contribution < 1.29 is 15.0 Å². The highest BCUT2D eigenvalue weighted by Gasteiger charge is 2.32. The summed E-state index contributed by atoms with van der Waals surface area (Å²) < 4.78 is 0.868. The fourth-order valence-electron chi connectivity index (χ4n) is 2.38. The number of benzene rings is 1. The third-order valence-corrected chi connectivity index (χ3v) is 4.10. The van der Waals surface area contributed by atoms with Crippen LogP contribution in [0.2, 0.25) is 0 Å². The van der Waals surface area contributed by atoms with Crippen molar-refractivity contribution in [1.82, 2.24) is 4.98 Å². The molecule has 2 aromatic rings. The Morgan fingerprint density at radius 2 is 2.00 bits per heavy atom. The maximum atomic E-state index is 11.4. The fourth-order valence-corrected chi connectivity index (χ4v) is 2.83. The molecule has 2 atom stereocenters. The largest absolute Gasteiger partial charge is 0.481 e.